The molecule has 0 saturated heterocycles. The van der Waals surface area contributed by atoms with E-state index in [9.17, 15) is 29.1 Å². The number of rotatable bonds is 14. The van der Waals surface area contributed by atoms with Crippen molar-refractivity contribution in [2.24, 2.45) is 5.73 Å². The first-order chi connectivity index (χ1) is 17.1. The molecule has 0 bridgehead atoms. The van der Waals surface area contributed by atoms with E-state index in [0.717, 1.165) is 5.56 Å². The Morgan fingerprint density at radius 1 is 0.917 bits per heavy atom. The van der Waals surface area contributed by atoms with Crippen LogP contribution in [-0.4, -0.2) is 74.0 Å². The molecular weight excluding hydrogens is 472 g/mol. The molecule has 1 aromatic heterocycles. The fourth-order valence-corrected chi connectivity index (χ4v) is 3.26. The molecule has 0 saturated carbocycles. The number of nitrogens with two attached hydrogens (primary N) is 1. The van der Waals surface area contributed by atoms with E-state index >= 15 is 0 Å². The molecule has 4 atom stereocenters. The van der Waals surface area contributed by atoms with Gasteiger partial charge in [0.25, 0.3) is 0 Å². The molecule has 1 heterocycles. The standard InChI is InChI=1S/C23H30N6O7/c1-13(24)20(32)28-17(9-14-5-3-2-4-6-14)21(33)29-18(10-15-11-25-12-26-15)22(34)27-16(23(35)36)7-8-19(30)31/h2-6,11-13,16-18H,7-10,24H2,1H3,(H,25,26)(H,27,34)(H,28,32)(H,29,33)(H,30,31)(H,35,36). The molecule has 2 aromatic rings. The van der Waals surface area contributed by atoms with E-state index in [1.165, 1.54) is 19.4 Å². The molecule has 2 rings (SSSR count). The first-order valence-electron chi connectivity index (χ1n) is 11.2. The van der Waals surface area contributed by atoms with Crippen LogP contribution in [0.5, 0.6) is 0 Å². The van der Waals surface area contributed by atoms with E-state index in [2.05, 4.69) is 25.9 Å². The van der Waals surface area contributed by atoms with E-state index in [1.54, 1.807) is 30.3 Å². The predicted molar refractivity (Wildman–Crippen MR) is 126 cm³/mol. The Balaban J connectivity index is 2.23. The average molecular weight is 503 g/mol. The fraction of sp³-hybridized carbons (Fsp3) is 0.391. The number of benzene rings is 1. The van der Waals surface area contributed by atoms with Crippen molar-refractivity contribution >= 4 is 29.7 Å². The summed E-state index contributed by atoms with van der Waals surface area (Å²) in [6, 6.07) is 4.19. The van der Waals surface area contributed by atoms with Crippen LogP contribution < -0.4 is 21.7 Å². The van der Waals surface area contributed by atoms with Crippen molar-refractivity contribution in [1.29, 1.82) is 0 Å². The molecule has 0 radical (unpaired) electrons. The molecule has 0 fully saturated rings. The summed E-state index contributed by atoms with van der Waals surface area (Å²) in [5.74, 6) is -4.73. The smallest absolute Gasteiger partial charge is 0.326 e. The lowest BCUT2D eigenvalue weighted by Crippen LogP contribution is -2.58. The molecule has 3 amide bonds. The molecule has 13 heteroatoms. The van der Waals surface area contributed by atoms with Gasteiger partial charge in [-0.25, -0.2) is 9.78 Å². The van der Waals surface area contributed by atoms with E-state index in [-0.39, 0.29) is 19.3 Å². The number of hydrogen-bond acceptors (Lipinski definition) is 7. The first kappa shape index (κ1) is 28.0. The lowest BCUT2D eigenvalue weighted by molar-refractivity contribution is -0.143. The molecule has 194 valence electrons. The number of aliphatic carboxylic acids is 2. The maximum absolute atomic E-state index is 13.2. The van der Waals surface area contributed by atoms with Crippen molar-refractivity contribution in [2.45, 2.75) is 56.8 Å². The zero-order valence-corrected chi connectivity index (χ0v) is 19.6. The highest BCUT2D eigenvalue weighted by molar-refractivity contribution is 5.94. The van der Waals surface area contributed by atoms with Crippen LogP contribution in [0.1, 0.15) is 31.0 Å². The third-order valence-electron chi connectivity index (χ3n) is 5.20. The minimum Gasteiger partial charge on any atom is -0.481 e. The summed E-state index contributed by atoms with van der Waals surface area (Å²) in [6.45, 7) is 1.46. The number of aromatic nitrogens is 2. The van der Waals surface area contributed by atoms with Crippen molar-refractivity contribution < 1.29 is 34.2 Å². The molecule has 0 spiro atoms. The van der Waals surface area contributed by atoms with Gasteiger partial charge in [-0.2, -0.15) is 0 Å². The van der Waals surface area contributed by atoms with Crippen LogP contribution in [0.15, 0.2) is 42.9 Å². The first-order valence-corrected chi connectivity index (χ1v) is 11.2. The number of hydrogen-bond donors (Lipinski definition) is 7. The van der Waals surface area contributed by atoms with Gasteiger partial charge in [-0.1, -0.05) is 30.3 Å². The topological polar surface area (TPSA) is 217 Å². The third-order valence-corrected chi connectivity index (χ3v) is 5.20. The van der Waals surface area contributed by atoms with E-state index in [1.807, 2.05) is 0 Å². The Bertz CT molecular complexity index is 1040. The normalized spacial score (nSPS) is 14.1. The summed E-state index contributed by atoms with van der Waals surface area (Å²) < 4.78 is 0. The van der Waals surface area contributed by atoms with Gasteiger partial charge in [-0.3, -0.25) is 19.2 Å². The Kier molecular flexibility index (Phi) is 10.6. The van der Waals surface area contributed by atoms with Gasteiger partial charge in [0.2, 0.25) is 17.7 Å². The van der Waals surface area contributed by atoms with Gasteiger partial charge in [0.1, 0.15) is 18.1 Å². The zero-order valence-electron chi connectivity index (χ0n) is 19.6. The number of amides is 3. The fourth-order valence-electron chi connectivity index (χ4n) is 3.26. The molecular formula is C23H30N6O7. The van der Waals surface area contributed by atoms with E-state index < -0.39 is 60.2 Å². The molecule has 13 nitrogen and oxygen atoms in total. The number of H-pyrrole nitrogens is 1. The molecule has 0 aliphatic rings. The van der Waals surface area contributed by atoms with E-state index in [4.69, 9.17) is 10.8 Å². The largest absolute Gasteiger partial charge is 0.481 e. The number of nitrogens with one attached hydrogen (secondary N) is 4. The third kappa shape index (κ3) is 9.18. The van der Waals surface area contributed by atoms with Gasteiger partial charge in [0, 0.05) is 31.2 Å². The molecule has 4 unspecified atom stereocenters. The van der Waals surface area contributed by atoms with Crippen LogP contribution >= 0.6 is 0 Å². The summed E-state index contributed by atoms with van der Waals surface area (Å²) >= 11 is 0. The molecule has 0 aliphatic heterocycles. The highest BCUT2D eigenvalue weighted by Gasteiger charge is 2.30. The average Bonchev–Trinajstić information content (AvgIpc) is 3.34. The van der Waals surface area contributed by atoms with Crippen LogP contribution in [0, 0.1) is 0 Å². The van der Waals surface area contributed by atoms with Crippen molar-refractivity contribution in [3.63, 3.8) is 0 Å². The van der Waals surface area contributed by atoms with Crippen molar-refractivity contribution in [1.82, 2.24) is 25.9 Å². The second-order valence-electron chi connectivity index (χ2n) is 8.21. The Morgan fingerprint density at radius 3 is 2.03 bits per heavy atom. The predicted octanol–water partition coefficient (Wildman–Crippen LogP) is -1.05. The number of imidazole rings is 1. The van der Waals surface area contributed by atoms with Crippen LogP contribution in [0.2, 0.25) is 0 Å². The maximum Gasteiger partial charge on any atom is 0.326 e. The SMILES string of the molecule is CC(N)C(=O)NC(Cc1ccccc1)C(=O)NC(Cc1cnc[nH]1)C(=O)NC(CCC(=O)O)C(=O)O. The Hall–Kier alpha value is -4.26. The minimum atomic E-state index is -1.48. The number of carboxylic acids is 2. The highest BCUT2D eigenvalue weighted by atomic mass is 16.4. The summed E-state index contributed by atoms with van der Waals surface area (Å²) in [7, 11) is 0. The lowest BCUT2D eigenvalue weighted by atomic mass is 10.0. The summed E-state index contributed by atoms with van der Waals surface area (Å²) in [6.07, 6.45) is 2.03. The second-order valence-corrected chi connectivity index (χ2v) is 8.21. The summed E-state index contributed by atoms with van der Waals surface area (Å²) in [5.41, 5.74) is 6.86. The van der Waals surface area contributed by atoms with E-state index in [0.29, 0.717) is 5.69 Å². The van der Waals surface area contributed by atoms with Gasteiger partial charge < -0.3 is 36.9 Å². The Labute approximate surface area is 206 Å². The quantitative estimate of drug-likeness (QED) is 0.167. The monoisotopic (exact) mass is 502 g/mol. The highest BCUT2D eigenvalue weighted by Crippen LogP contribution is 2.07. The molecule has 0 aliphatic carbocycles. The van der Waals surface area contributed by atoms with Gasteiger partial charge in [0.05, 0.1) is 12.4 Å². The number of carboxylic acid groups (broad SMARTS) is 2. The van der Waals surface area contributed by atoms with Crippen LogP contribution in [0.25, 0.3) is 0 Å². The zero-order chi connectivity index (χ0) is 26.7. The number of nitrogens with zero attached hydrogens (tertiary/aromatic N) is 1. The number of carbonyl (C=O) groups is 5. The lowest BCUT2D eigenvalue weighted by Gasteiger charge is -2.25. The van der Waals surface area contributed by atoms with Crippen molar-refractivity contribution in [2.75, 3.05) is 0 Å². The molecule has 8 N–H and O–H groups in total. The number of carbonyl (C=O) groups excluding carboxylic acids is 3. The van der Waals surface area contributed by atoms with Gasteiger partial charge in [0.15, 0.2) is 0 Å². The van der Waals surface area contributed by atoms with Crippen LogP contribution in [0.3, 0.4) is 0 Å². The van der Waals surface area contributed by atoms with Gasteiger partial charge in [-0.15, -0.1) is 0 Å². The van der Waals surface area contributed by atoms with Crippen molar-refractivity contribution in [3.05, 3.63) is 54.1 Å². The minimum absolute atomic E-state index is 0.0673. The second kappa shape index (κ2) is 13.6. The summed E-state index contributed by atoms with van der Waals surface area (Å²) in [4.78, 5) is 67.5. The molecule has 1 aromatic carbocycles. The molecule has 36 heavy (non-hydrogen) atoms. The summed E-state index contributed by atoms with van der Waals surface area (Å²) in [5, 5.41) is 25.7. The Morgan fingerprint density at radius 2 is 1.50 bits per heavy atom. The maximum atomic E-state index is 13.2. The number of aromatic amines is 1. The van der Waals surface area contributed by atoms with Gasteiger partial charge >= 0.3 is 11.9 Å². The van der Waals surface area contributed by atoms with Gasteiger partial charge in [-0.05, 0) is 18.9 Å². The van der Waals surface area contributed by atoms with Crippen LogP contribution in [0.4, 0.5) is 0 Å². The van der Waals surface area contributed by atoms with Crippen molar-refractivity contribution in [3.8, 4) is 0 Å². The van der Waals surface area contributed by atoms with Crippen LogP contribution in [-0.2, 0) is 36.8 Å².